The van der Waals surface area contributed by atoms with E-state index in [4.69, 9.17) is 13.3 Å². The summed E-state index contributed by atoms with van der Waals surface area (Å²) in [4.78, 5) is 13.9. The number of benzene rings is 2. The van der Waals surface area contributed by atoms with Crippen LogP contribution in [-0.4, -0.2) is 41.0 Å². The zero-order valence-electron chi connectivity index (χ0n) is 30.4. The third-order valence-corrected chi connectivity index (χ3v) is 11.3. The van der Waals surface area contributed by atoms with E-state index in [9.17, 15) is 9.90 Å². The molecule has 0 amide bonds. The van der Waals surface area contributed by atoms with Gasteiger partial charge in [0, 0.05) is 49.6 Å². The van der Waals surface area contributed by atoms with Gasteiger partial charge in [-0.25, -0.2) is 0 Å². The lowest BCUT2D eigenvalue weighted by atomic mass is 9.70. The fourth-order valence-corrected chi connectivity index (χ4v) is 7.48. The smallest absolute Gasteiger partial charge is 0.504 e. The van der Waals surface area contributed by atoms with Gasteiger partial charge in [0.05, 0.1) is 0 Å². The average molecular weight is 633 g/mol. The van der Waals surface area contributed by atoms with Gasteiger partial charge in [0.25, 0.3) is 0 Å². The average Bonchev–Trinajstić information content (AvgIpc) is 2.91. The molecule has 1 N–H and O–H groups in total. The van der Waals surface area contributed by atoms with Gasteiger partial charge in [-0.2, -0.15) is 0 Å². The lowest BCUT2D eigenvalue weighted by Gasteiger charge is -2.32. The number of rotatable bonds is 7. The lowest BCUT2D eigenvalue weighted by molar-refractivity contribution is -0.114. The van der Waals surface area contributed by atoms with Crippen LogP contribution in [0.5, 0.6) is 5.75 Å². The van der Waals surface area contributed by atoms with E-state index < -0.39 is 8.80 Å². The number of phenolic OH excluding ortho intramolecular Hbond substituents is 1. The zero-order valence-corrected chi connectivity index (χ0v) is 31.4. The summed E-state index contributed by atoms with van der Waals surface area (Å²) in [6.45, 7) is 25.4. The summed E-state index contributed by atoms with van der Waals surface area (Å²) in [5.41, 5.74) is 7.14. The maximum atomic E-state index is 13.9. The Balaban J connectivity index is 2.50. The molecule has 1 aliphatic rings. The van der Waals surface area contributed by atoms with Crippen molar-refractivity contribution in [3.63, 3.8) is 0 Å². The van der Waals surface area contributed by atoms with Gasteiger partial charge in [0.15, 0.2) is 5.78 Å². The van der Waals surface area contributed by atoms with Crippen LogP contribution < -0.4 is 0 Å². The molecular weight excluding hydrogens is 577 g/mol. The van der Waals surface area contributed by atoms with Crippen LogP contribution in [0.2, 0.25) is 0 Å². The Morgan fingerprint density at radius 2 is 1.04 bits per heavy atom. The van der Waals surface area contributed by atoms with Gasteiger partial charge < -0.3 is 18.4 Å². The van der Waals surface area contributed by atoms with Crippen LogP contribution in [0.15, 0.2) is 65.3 Å². The molecular formula is C39H56O5Si. The van der Waals surface area contributed by atoms with E-state index in [1.54, 1.807) is 21.3 Å². The summed E-state index contributed by atoms with van der Waals surface area (Å²) < 4.78 is 17.1. The fourth-order valence-electron chi connectivity index (χ4n) is 5.82. The van der Waals surface area contributed by atoms with Crippen molar-refractivity contribution in [2.75, 3.05) is 21.3 Å². The molecule has 45 heavy (non-hydrogen) atoms. The normalized spacial score (nSPS) is 15.3. The van der Waals surface area contributed by atoms with Gasteiger partial charge in [-0.15, -0.1) is 0 Å². The molecule has 0 spiro atoms. The molecule has 3 rings (SSSR count). The van der Waals surface area contributed by atoms with E-state index in [1.165, 1.54) is 0 Å². The first-order chi connectivity index (χ1) is 20.5. The second kappa shape index (κ2) is 12.8. The predicted molar refractivity (Wildman–Crippen MR) is 189 cm³/mol. The number of phenols is 1. The van der Waals surface area contributed by atoms with Gasteiger partial charge in [-0.3, -0.25) is 4.79 Å². The number of Topliss-reactive ketones (excluding diaryl/α,β-unsaturated/α-hetero) is 1. The maximum Gasteiger partial charge on any atom is 0.504 e. The molecule has 0 saturated heterocycles. The molecule has 0 aliphatic heterocycles. The molecule has 246 valence electrons. The van der Waals surface area contributed by atoms with E-state index in [1.807, 2.05) is 0 Å². The lowest BCUT2D eigenvalue weighted by Crippen LogP contribution is -2.45. The van der Waals surface area contributed by atoms with E-state index in [-0.39, 0.29) is 27.4 Å². The Morgan fingerprint density at radius 1 is 0.644 bits per heavy atom. The molecule has 0 bridgehead atoms. The quantitative estimate of drug-likeness (QED) is 0.308. The monoisotopic (exact) mass is 632 g/mol. The number of carbonyl (C=O) groups excluding carboxylic acids is 1. The van der Waals surface area contributed by atoms with Crippen LogP contribution in [0.25, 0.3) is 5.57 Å². The topological polar surface area (TPSA) is 65.0 Å². The second-order valence-electron chi connectivity index (χ2n) is 16.4. The Hall–Kier alpha value is -2.77. The van der Waals surface area contributed by atoms with Crippen molar-refractivity contribution in [2.45, 2.75) is 100.0 Å². The van der Waals surface area contributed by atoms with Crippen molar-refractivity contribution in [1.29, 1.82) is 0 Å². The van der Waals surface area contributed by atoms with Gasteiger partial charge in [-0.05, 0) is 73.8 Å². The van der Waals surface area contributed by atoms with Crippen molar-refractivity contribution >= 4 is 20.2 Å². The summed E-state index contributed by atoms with van der Waals surface area (Å²) in [6.07, 6.45) is 4.17. The summed E-state index contributed by atoms with van der Waals surface area (Å²) >= 11 is 0. The first-order valence-corrected chi connectivity index (χ1v) is 17.8. The molecule has 0 radical (unpaired) electrons. The summed E-state index contributed by atoms with van der Waals surface area (Å²) in [7, 11) is 2.06. The Morgan fingerprint density at radius 3 is 1.38 bits per heavy atom. The second-order valence-corrected chi connectivity index (χ2v) is 19.3. The summed E-state index contributed by atoms with van der Waals surface area (Å²) in [6, 6.07) is 13.3. The van der Waals surface area contributed by atoms with Crippen LogP contribution >= 0.6 is 0 Å². The molecule has 0 atom stereocenters. The molecule has 5 nitrogen and oxygen atoms in total. The molecule has 0 heterocycles. The Bertz CT molecular complexity index is 1430. The molecule has 0 aromatic heterocycles. The molecule has 2 aromatic rings. The molecule has 2 aromatic carbocycles. The van der Waals surface area contributed by atoms with Crippen molar-refractivity contribution in [3.05, 3.63) is 93.1 Å². The van der Waals surface area contributed by atoms with Gasteiger partial charge >= 0.3 is 8.80 Å². The largest absolute Gasteiger partial charge is 0.507 e. The maximum absolute atomic E-state index is 13.9. The summed E-state index contributed by atoms with van der Waals surface area (Å²) in [5.74, 6) is 0.444. The highest BCUT2D eigenvalue weighted by atomic mass is 28.4. The van der Waals surface area contributed by atoms with Crippen molar-refractivity contribution in [2.24, 2.45) is 10.8 Å². The molecule has 0 fully saturated rings. The SMILES string of the molecule is CO[Si](Cc1ccc(C(=C2C=C(C(C)(C)C)C(=O)C(C(C)(C)C)=C2)c2cc(C(C)(C)C)c(O)c(C(C)(C)C)c2)cc1)(OC)OC. The van der Waals surface area contributed by atoms with Gasteiger partial charge in [-0.1, -0.05) is 107 Å². The Kier molecular flexibility index (Phi) is 10.4. The first-order valence-electron chi connectivity index (χ1n) is 15.9. The molecule has 1 aliphatic carbocycles. The minimum absolute atomic E-state index is 0.102. The van der Waals surface area contributed by atoms with E-state index in [2.05, 4.69) is 132 Å². The number of aromatic hydroxyl groups is 1. The fraction of sp³-hybridized carbons (Fsp3) is 0.513. The number of hydrogen-bond donors (Lipinski definition) is 1. The minimum Gasteiger partial charge on any atom is -0.507 e. The van der Waals surface area contributed by atoms with Crippen molar-refractivity contribution in [1.82, 2.24) is 0 Å². The molecule has 6 heteroatoms. The molecule has 0 unspecified atom stereocenters. The number of allylic oxidation sites excluding steroid dienone is 5. The minimum atomic E-state index is -2.83. The zero-order chi connectivity index (χ0) is 34.3. The van der Waals surface area contributed by atoms with E-state index >= 15 is 0 Å². The van der Waals surface area contributed by atoms with Crippen LogP contribution in [0, 0.1) is 10.8 Å². The van der Waals surface area contributed by atoms with Crippen LogP contribution in [0.1, 0.15) is 111 Å². The van der Waals surface area contributed by atoms with Crippen LogP contribution in [-0.2, 0) is 34.9 Å². The van der Waals surface area contributed by atoms with Crippen molar-refractivity contribution < 1.29 is 23.2 Å². The molecule has 0 saturated carbocycles. The highest BCUT2D eigenvalue weighted by molar-refractivity contribution is 6.60. The number of carbonyl (C=O) groups is 1. The van der Waals surface area contributed by atoms with Gasteiger partial charge in [0.2, 0.25) is 0 Å². The van der Waals surface area contributed by atoms with Crippen molar-refractivity contribution in [3.8, 4) is 5.75 Å². The Labute approximate surface area is 273 Å². The predicted octanol–water partition coefficient (Wildman–Crippen LogP) is 9.28. The van der Waals surface area contributed by atoms with E-state index in [0.29, 0.717) is 11.8 Å². The van der Waals surface area contributed by atoms with Crippen LogP contribution in [0.3, 0.4) is 0 Å². The number of hydrogen-bond acceptors (Lipinski definition) is 5. The standard InChI is InChI=1S/C39H56O5Si/c1-36(2,3)29-20-27(21-30(34(29)40)37(4,5)6)33(26-18-16-25(17-19-26)24-45(42-13,43-14)44-15)28-22-31(38(7,8)9)35(41)32(23-28)39(10,11)12/h16-23,40H,24H2,1-15H3. The summed E-state index contributed by atoms with van der Waals surface area (Å²) in [5, 5.41) is 11.6. The first kappa shape index (κ1) is 36.7. The highest BCUT2D eigenvalue weighted by Gasteiger charge is 2.38. The number of ketones is 1. The van der Waals surface area contributed by atoms with Crippen LogP contribution in [0.4, 0.5) is 0 Å². The van der Waals surface area contributed by atoms with E-state index in [0.717, 1.165) is 50.1 Å². The van der Waals surface area contributed by atoms with Gasteiger partial charge in [0.1, 0.15) is 5.75 Å². The third kappa shape index (κ3) is 7.97. The third-order valence-electron chi connectivity index (χ3n) is 8.60. The highest BCUT2D eigenvalue weighted by Crippen LogP contribution is 2.45.